The van der Waals surface area contributed by atoms with Crippen molar-refractivity contribution in [3.05, 3.63) is 44.0 Å². The maximum absolute atomic E-state index is 10.7. The number of nitrogens with zero attached hydrogens (tertiary/aromatic N) is 3. The number of hydrogen-bond acceptors (Lipinski definition) is 5. The molecule has 0 spiro atoms. The Kier molecular flexibility index (Phi) is 3.74. The Morgan fingerprint density at radius 3 is 1.76 bits per heavy atom. The van der Waals surface area contributed by atoms with E-state index in [2.05, 4.69) is 0 Å². The van der Waals surface area contributed by atoms with Crippen molar-refractivity contribution < 1.29 is 9.85 Å². The molecule has 0 heterocycles. The first-order chi connectivity index (χ1) is 7.82. The van der Waals surface area contributed by atoms with Gasteiger partial charge in [0.15, 0.2) is 0 Å². The number of nitro benzene ring substituents is 2. The third kappa shape index (κ3) is 2.97. The third-order valence-corrected chi connectivity index (χ3v) is 2.60. The fourth-order valence-corrected chi connectivity index (χ4v) is 1.37. The standard InChI is InChI=1S/C10H13N3O4/c1-7(11(2)3)8-4-9(12(14)15)6-10(5-8)13(16)17/h4-7H,1-3H3. The number of nitro groups is 2. The van der Waals surface area contributed by atoms with E-state index in [0.717, 1.165) is 6.07 Å². The van der Waals surface area contributed by atoms with Crippen LogP contribution in [0.4, 0.5) is 11.4 Å². The number of hydrogen-bond donors (Lipinski definition) is 0. The summed E-state index contributed by atoms with van der Waals surface area (Å²) in [6, 6.07) is 3.55. The van der Waals surface area contributed by atoms with Crippen LogP contribution in [0.3, 0.4) is 0 Å². The summed E-state index contributed by atoms with van der Waals surface area (Å²) in [4.78, 5) is 21.9. The normalized spacial score (nSPS) is 12.5. The first kappa shape index (κ1) is 13.0. The van der Waals surface area contributed by atoms with E-state index in [9.17, 15) is 20.2 Å². The predicted molar refractivity (Wildman–Crippen MR) is 61.9 cm³/mol. The minimum Gasteiger partial charge on any atom is -0.303 e. The maximum atomic E-state index is 10.7. The molecule has 0 bridgehead atoms. The zero-order chi connectivity index (χ0) is 13.2. The minimum atomic E-state index is -0.626. The molecule has 0 fully saturated rings. The molecule has 1 atom stereocenters. The van der Waals surface area contributed by atoms with Gasteiger partial charge in [-0.15, -0.1) is 0 Å². The summed E-state index contributed by atoms with van der Waals surface area (Å²) in [5.74, 6) is 0. The Morgan fingerprint density at radius 1 is 1.06 bits per heavy atom. The van der Waals surface area contributed by atoms with E-state index in [4.69, 9.17) is 0 Å². The molecule has 0 aliphatic carbocycles. The maximum Gasteiger partial charge on any atom is 0.276 e. The molecule has 7 heteroatoms. The Morgan fingerprint density at radius 2 is 1.47 bits per heavy atom. The van der Waals surface area contributed by atoms with Crippen molar-refractivity contribution in [2.75, 3.05) is 14.1 Å². The molecule has 17 heavy (non-hydrogen) atoms. The predicted octanol–water partition coefficient (Wildman–Crippen LogP) is 2.13. The Bertz CT molecular complexity index is 427. The van der Waals surface area contributed by atoms with Crippen molar-refractivity contribution in [1.82, 2.24) is 4.90 Å². The summed E-state index contributed by atoms with van der Waals surface area (Å²) < 4.78 is 0. The highest BCUT2D eigenvalue weighted by Gasteiger charge is 2.19. The Hall–Kier alpha value is -2.02. The van der Waals surface area contributed by atoms with Crippen LogP contribution in [0.1, 0.15) is 18.5 Å². The van der Waals surface area contributed by atoms with E-state index in [1.165, 1.54) is 12.1 Å². The van der Waals surface area contributed by atoms with Gasteiger partial charge in [0.2, 0.25) is 0 Å². The molecular formula is C10H13N3O4. The SMILES string of the molecule is CC(c1cc([N+](=O)[O-])cc([N+](=O)[O-])c1)N(C)C. The van der Waals surface area contributed by atoms with Crippen molar-refractivity contribution >= 4 is 11.4 Å². The molecule has 0 N–H and O–H groups in total. The van der Waals surface area contributed by atoms with Gasteiger partial charge < -0.3 is 4.90 Å². The van der Waals surface area contributed by atoms with E-state index in [-0.39, 0.29) is 17.4 Å². The van der Waals surface area contributed by atoms with Crippen LogP contribution < -0.4 is 0 Å². The summed E-state index contributed by atoms with van der Waals surface area (Å²) in [5, 5.41) is 21.4. The summed E-state index contributed by atoms with van der Waals surface area (Å²) >= 11 is 0. The first-order valence-corrected chi connectivity index (χ1v) is 4.93. The minimum absolute atomic E-state index is 0.131. The topological polar surface area (TPSA) is 89.5 Å². The van der Waals surface area contributed by atoms with Gasteiger partial charge in [0.1, 0.15) is 0 Å². The summed E-state index contributed by atoms with van der Waals surface area (Å²) in [6.07, 6.45) is 0. The molecule has 1 aromatic carbocycles. The van der Waals surface area contributed by atoms with Gasteiger partial charge in [-0.1, -0.05) is 0 Å². The lowest BCUT2D eigenvalue weighted by molar-refractivity contribution is -0.394. The molecule has 1 rings (SSSR count). The average Bonchev–Trinajstić information content (AvgIpc) is 2.27. The highest BCUT2D eigenvalue weighted by atomic mass is 16.6. The summed E-state index contributed by atoms with van der Waals surface area (Å²) in [7, 11) is 3.60. The van der Waals surface area contributed by atoms with Crippen LogP contribution >= 0.6 is 0 Å². The smallest absolute Gasteiger partial charge is 0.276 e. The zero-order valence-electron chi connectivity index (χ0n) is 9.78. The summed E-state index contributed by atoms with van der Waals surface area (Å²) in [6.45, 7) is 1.82. The van der Waals surface area contributed by atoms with E-state index < -0.39 is 9.85 Å². The molecule has 0 saturated carbocycles. The molecule has 0 aromatic heterocycles. The van der Waals surface area contributed by atoms with Gasteiger partial charge in [0.05, 0.1) is 15.9 Å². The summed E-state index contributed by atoms with van der Waals surface area (Å²) in [5.41, 5.74) is 0.0294. The van der Waals surface area contributed by atoms with Crippen LogP contribution in [0.5, 0.6) is 0 Å². The monoisotopic (exact) mass is 239 g/mol. The van der Waals surface area contributed by atoms with Crippen molar-refractivity contribution in [2.24, 2.45) is 0 Å². The third-order valence-electron chi connectivity index (χ3n) is 2.60. The average molecular weight is 239 g/mol. The largest absolute Gasteiger partial charge is 0.303 e. The number of benzene rings is 1. The lowest BCUT2D eigenvalue weighted by Gasteiger charge is -2.19. The van der Waals surface area contributed by atoms with Gasteiger partial charge in [-0.2, -0.15) is 0 Å². The Labute approximate surface area is 98.0 Å². The first-order valence-electron chi connectivity index (χ1n) is 4.93. The van der Waals surface area contributed by atoms with Crippen molar-refractivity contribution in [1.29, 1.82) is 0 Å². The molecule has 0 saturated heterocycles. The van der Waals surface area contributed by atoms with Crippen molar-refractivity contribution in [3.63, 3.8) is 0 Å². The zero-order valence-corrected chi connectivity index (χ0v) is 9.78. The van der Waals surface area contributed by atoms with Gasteiger partial charge in [-0.25, -0.2) is 0 Å². The second-order valence-electron chi connectivity index (χ2n) is 3.94. The van der Waals surface area contributed by atoms with Crippen LogP contribution in [0, 0.1) is 20.2 Å². The Balaban J connectivity index is 3.31. The van der Waals surface area contributed by atoms with E-state index in [1.54, 1.807) is 14.1 Å². The van der Waals surface area contributed by atoms with E-state index >= 15 is 0 Å². The second kappa shape index (κ2) is 4.88. The molecule has 0 aliphatic rings. The molecule has 7 nitrogen and oxygen atoms in total. The van der Waals surface area contributed by atoms with E-state index in [1.807, 2.05) is 11.8 Å². The molecular weight excluding hydrogens is 226 g/mol. The quantitative estimate of drug-likeness (QED) is 0.593. The molecule has 1 unspecified atom stereocenters. The molecule has 92 valence electrons. The lowest BCUT2D eigenvalue weighted by Crippen LogP contribution is -2.17. The van der Waals surface area contributed by atoms with Gasteiger partial charge >= 0.3 is 0 Å². The van der Waals surface area contributed by atoms with Crippen LogP contribution in [-0.2, 0) is 0 Å². The molecule has 0 radical (unpaired) electrons. The second-order valence-corrected chi connectivity index (χ2v) is 3.94. The number of non-ortho nitro benzene ring substituents is 2. The van der Waals surface area contributed by atoms with Crippen LogP contribution in [-0.4, -0.2) is 28.8 Å². The van der Waals surface area contributed by atoms with Gasteiger partial charge in [0, 0.05) is 18.2 Å². The molecule has 0 amide bonds. The van der Waals surface area contributed by atoms with Crippen LogP contribution in [0.25, 0.3) is 0 Å². The van der Waals surface area contributed by atoms with Crippen molar-refractivity contribution in [2.45, 2.75) is 13.0 Å². The van der Waals surface area contributed by atoms with Crippen LogP contribution in [0.15, 0.2) is 18.2 Å². The highest BCUT2D eigenvalue weighted by molar-refractivity contribution is 5.47. The van der Waals surface area contributed by atoms with Crippen molar-refractivity contribution in [3.8, 4) is 0 Å². The van der Waals surface area contributed by atoms with Gasteiger partial charge in [0.25, 0.3) is 11.4 Å². The fraction of sp³-hybridized carbons (Fsp3) is 0.400. The van der Waals surface area contributed by atoms with Crippen LogP contribution in [0.2, 0.25) is 0 Å². The number of rotatable bonds is 4. The van der Waals surface area contributed by atoms with E-state index in [0.29, 0.717) is 5.56 Å². The fourth-order valence-electron chi connectivity index (χ4n) is 1.37. The molecule has 0 aliphatic heterocycles. The van der Waals surface area contributed by atoms with Gasteiger partial charge in [-0.3, -0.25) is 20.2 Å². The highest BCUT2D eigenvalue weighted by Crippen LogP contribution is 2.27. The van der Waals surface area contributed by atoms with Gasteiger partial charge in [-0.05, 0) is 26.6 Å². The lowest BCUT2D eigenvalue weighted by atomic mass is 10.1. The molecule has 1 aromatic rings.